The van der Waals surface area contributed by atoms with E-state index in [1.54, 1.807) is 42.9 Å². The fourth-order valence-corrected chi connectivity index (χ4v) is 3.31. The first kappa shape index (κ1) is 19.1. The second-order valence-corrected chi connectivity index (χ2v) is 7.48. The van der Waals surface area contributed by atoms with E-state index in [1.807, 2.05) is 12.1 Å². The lowest BCUT2D eigenvalue weighted by atomic mass is 9.85. The zero-order chi connectivity index (χ0) is 19.6. The van der Waals surface area contributed by atoms with Gasteiger partial charge in [-0.15, -0.1) is 0 Å². The van der Waals surface area contributed by atoms with Gasteiger partial charge in [0, 0.05) is 12.0 Å². The molecule has 3 aromatic rings. The first-order valence-corrected chi connectivity index (χ1v) is 9.01. The highest BCUT2D eigenvalue weighted by molar-refractivity contribution is 6.35. The van der Waals surface area contributed by atoms with Gasteiger partial charge in [-0.2, -0.15) is 5.26 Å². The molecule has 0 atom stereocenters. The molecule has 3 rings (SSSR count). The van der Waals surface area contributed by atoms with Gasteiger partial charge in [0.15, 0.2) is 5.78 Å². The molecule has 0 radical (unpaired) electrons. The van der Waals surface area contributed by atoms with E-state index >= 15 is 0 Å². The number of ketones is 1. The molecule has 138 valence electrons. The maximum absolute atomic E-state index is 14.3. The molecule has 6 heteroatoms. The van der Waals surface area contributed by atoms with E-state index < -0.39 is 11.2 Å². The van der Waals surface area contributed by atoms with Crippen molar-refractivity contribution < 1.29 is 9.18 Å². The summed E-state index contributed by atoms with van der Waals surface area (Å²) in [6.07, 6.45) is 2.32. The average Bonchev–Trinajstić information content (AvgIpc) is 3.04. The van der Waals surface area contributed by atoms with Gasteiger partial charge in [0.25, 0.3) is 0 Å². The van der Waals surface area contributed by atoms with Crippen molar-refractivity contribution in [2.24, 2.45) is 0 Å². The van der Waals surface area contributed by atoms with E-state index in [4.69, 9.17) is 16.9 Å². The summed E-state index contributed by atoms with van der Waals surface area (Å²) in [6, 6.07) is 12.3. The molecule has 0 spiro atoms. The van der Waals surface area contributed by atoms with Crippen molar-refractivity contribution in [3.8, 4) is 6.07 Å². The van der Waals surface area contributed by atoms with Crippen LogP contribution in [0, 0.1) is 17.1 Å². The molecule has 0 aliphatic heterocycles. The lowest BCUT2D eigenvalue weighted by molar-refractivity contribution is -0.119. The number of halogens is 2. The van der Waals surface area contributed by atoms with Gasteiger partial charge in [-0.3, -0.25) is 4.79 Å². The fraction of sp³-hybridized carbons (Fsp3) is 0.286. The summed E-state index contributed by atoms with van der Waals surface area (Å²) in [6.45, 7) is 3.52. The minimum atomic E-state index is -0.889. The first-order valence-electron chi connectivity index (χ1n) is 8.63. The number of nitrogens with zero attached hydrogens (tertiary/aromatic N) is 3. The molecule has 0 fully saturated rings. The van der Waals surface area contributed by atoms with Gasteiger partial charge >= 0.3 is 0 Å². The summed E-state index contributed by atoms with van der Waals surface area (Å²) in [5, 5.41) is 9.71. The Balaban J connectivity index is 1.67. The normalized spacial score (nSPS) is 11.5. The fourth-order valence-electron chi connectivity index (χ4n) is 3.04. The standard InChI is InChI=1S/C21H19ClFN3O/c1-21(2,12-24)16-9-7-14(10-18(16)23)6-8-15(27)11-26-13-25-19-5-3-4-17(22)20(19)26/h3-5,7,9-10,13H,6,8,11H2,1-2H3. The summed E-state index contributed by atoms with van der Waals surface area (Å²) in [7, 11) is 0. The Morgan fingerprint density at radius 2 is 2.11 bits per heavy atom. The number of nitriles is 1. The summed E-state index contributed by atoms with van der Waals surface area (Å²) >= 11 is 6.20. The van der Waals surface area contributed by atoms with Gasteiger partial charge in [-0.1, -0.05) is 29.8 Å². The molecule has 0 saturated heterocycles. The highest BCUT2D eigenvalue weighted by Gasteiger charge is 2.23. The number of para-hydroxylation sites is 1. The number of benzene rings is 2. The summed E-state index contributed by atoms with van der Waals surface area (Å²) < 4.78 is 16.1. The summed E-state index contributed by atoms with van der Waals surface area (Å²) in [5.41, 5.74) is 1.68. The molecule has 2 aromatic carbocycles. The molecule has 4 nitrogen and oxygen atoms in total. The SMILES string of the molecule is CC(C)(C#N)c1ccc(CCC(=O)Cn2cnc3cccc(Cl)c32)cc1F. The van der Waals surface area contributed by atoms with Crippen molar-refractivity contribution in [1.82, 2.24) is 9.55 Å². The molecule has 0 amide bonds. The van der Waals surface area contributed by atoms with Crippen molar-refractivity contribution in [2.75, 3.05) is 0 Å². The van der Waals surface area contributed by atoms with Crippen LogP contribution in [0.25, 0.3) is 11.0 Å². The Hall–Kier alpha value is -2.71. The van der Waals surface area contributed by atoms with Crippen LogP contribution >= 0.6 is 11.6 Å². The van der Waals surface area contributed by atoms with E-state index in [2.05, 4.69) is 11.1 Å². The molecule has 0 N–H and O–H groups in total. The number of fused-ring (bicyclic) bond motifs is 1. The number of aryl methyl sites for hydroxylation is 1. The van der Waals surface area contributed by atoms with Gasteiger partial charge in [0.1, 0.15) is 5.82 Å². The van der Waals surface area contributed by atoms with Gasteiger partial charge < -0.3 is 4.57 Å². The second kappa shape index (κ2) is 7.50. The molecule has 0 unspecified atom stereocenters. The molecule has 27 heavy (non-hydrogen) atoms. The van der Waals surface area contributed by atoms with Crippen molar-refractivity contribution in [1.29, 1.82) is 5.26 Å². The van der Waals surface area contributed by atoms with Crippen LogP contribution in [0.2, 0.25) is 5.02 Å². The third kappa shape index (κ3) is 4.01. The number of imidazole rings is 1. The average molecular weight is 384 g/mol. The van der Waals surface area contributed by atoms with Crippen molar-refractivity contribution >= 4 is 28.4 Å². The Morgan fingerprint density at radius 1 is 1.33 bits per heavy atom. The molecule has 0 aliphatic rings. The van der Waals surface area contributed by atoms with Crippen molar-refractivity contribution in [2.45, 2.75) is 38.6 Å². The summed E-state index contributed by atoms with van der Waals surface area (Å²) in [4.78, 5) is 16.6. The third-order valence-corrected chi connectivity index (χ3v) is 4.92. The Morgan fingerprint density at radius 3 is 2.81 bits per heavy atom. The number of Topliss-reactive ketones (excluding diaryl/α,β-unsaturated/α-hetero) is 1. The van der Waals surface area contributed by atoms with Crippen molar-refractivity contribution in [3.63, 3.8) is 0 Å². The minimum absolute atomic E-state index is 0.0102. The van der Waals surface area contributed by atoms with Crippen LogP contribution < -0.4 is 0 Å². The molecule has 0 bridgehead atoms. The largest absolute Gasteiger partial charge is 0.322 e. The maximum Gasteiger partial charge on any atom is 0.152 e. The van der Waals surface area contributed by atoms with Crippen LogP contribution in [0.3, 0.4) is 0 Å². The van der Waals surface area contributed by atoms with Crippen molar-refractivity contribution in [3.05, 3.63) is 64.7 Å². The quantitative estimate of drug-likeness (QED) is 0.612. The highest BCUT2D eigenvalue weighted by Crippen LogP contribution is 2.26. The van der Waals surface area contributed by atoms with E-state index in [0.29, 0.717) is 17.0 Å². The van der Waals surface area contributed by atoms with E-state index in [0.717, 1.165) is 16.6 Å². The maximum atomic E-state index is 14.3. The predicted molar refractivity (Wildman–Crippen MR) is 103 cm³/mol. The smallest absolute Gasteiger partial charge is 0.152 e. The molecule has 1 aromatic heterocycles. The second-order valence-electron chi connectivity index (χ2n) is 7.07. The molecular formula is C21H19ClFN3O. The first-order chi connectivity index (χ1) is 12.8. The Labute approximate surface area is 162 Å². The van der Waals surface area contributed by atoms with E-state index in [-0.39, 0.29) is 18.7 Å². The van der Waals surface area contributed by atoms with Gasteiger partial charge in [-0.25, -0.2) is 9.37 Å². The van der Waals surface area contributed by atoms with Crippen LogP contribution in [0.1, 0.15) is 31.4 Å². The van der Waals surface area contributed by atoms with Gasteiger partial charge in [0.05, 0.1) is 40.4 Å². The van der Waals surface area contributed by atoms with E-state index in [1.165, 1.54) is 6.07 Å². The molecule has 0 aliphatic carbocycles. The number of hydrogen-bond donors (Lipinski definition) is 0. The summed E-state index contributed by atoms with van der Waals surface area (Å²) in [5.74, 6) is -0.407. The van der Waals surface area contributed by atoms with Crippen LogP contribution in [0.4, 0.5) is 4.39 Å². The number of aromatic nitrogens is 2. The predicted octanol–water partition coefficient (Wildman–Crippen LogP) is 4.83. The van der Waals surface area contributed by atoms with Crippen LogP contribution in [-0.2, 0) is 23.2 Å². The number of carbonyl (C=O) groups excluding carboxylic acids is 1. The zero-order valence-electron chi connectivity index (χ0n) is 15.2. The lowest BCUT2D eigenvalue weighted by Crippen LogP contribution is -2.16. The number of rotatable bonds is 6. The van der Waals surface area contributed by atoms with Gasteiger partial charge in [0.2, 0.25) is 0 Å². The minimum Gasteiger partial charge on any atom is -0.322 e. The van der Waals surface area contributed by atoms with Crippen LogP contribution in [0.5, 0.6) is 0 Å². The third-order valence-electron chi connectivity index (χ3n) is 4.61. The molecule has 1 heterocycles. The highest BCUT2D eigenvalue weighted by atomic mass is 35.5. The van der Waals surface area contributed by atoms with Crippen LogP contribution in [0.15, 0.2) is 42.7 Å². The topological polar surface area (TPSA) is 58.7 Å². The monoisotopic (exact) mass is 383 g/mol. The lowest BCUT2D eigenvalue weighted by Gasteiger charge is -2.17. The molecular weight excluding hydrogens is 365 g/mol. The number of carbonyl (C=O) groups is 1. The number of hydrogen-bond acceptors (Lipinski definition) is 3. The van der Waals surface area contributed by atoms with Crippen LogP contribution in [-0.4, -0.2) is 15.3 Å². The Bertz CT molecular complexity index is 1050. The van der Waals surface area contributed by atoms with Gasteiger partial charge in [-0.05, 0) is 44.0 Å². The van der Waals surface area contributed by atoms with E-state index in [9.17, 15) is 9.18 Å². The molecule has 0 saturated carbocycles. The zero-order valence-corrected chi connectivity index (χ0v) is 15.9. The Kier molecular flexibility index (Phi) is 5.29.